The van der Waals surface area contributed by atoms with E-state index in [-0.39, 0.29) is 11.5 Å². The van der Waals surface area contributed by atoms with Crippen LogP contribution in [-0.4, -0.2) is 27.1 Å². The Morgan fingerprint density at radius 3 is 2.41 bits per heavy atom. The summed E-state index contributed by atoms with van der Waals surface area (Å²) in [5, 5.41) is 15.7. The molecular formula is C20H25N3O4. The van der Waals surface area contributed by atoms with Gasteiger partial charge in [0.1, 0.15) is 5.56 Å². The Bertz CT molecular complexity index is 922. The first-order chi connectivity index (χ1) is 12.7. The molecule has 7 nitrogen and oxygen atoms in total. The van der Waals surface area contributed by atoms with Crippen molar-refractivity contribution in [2.45, 2.75) is 48.1 Å². The van der Waals surface area contributed by atoms with Gasteiger partial charge in [0.25, 0.3) is 5.69 Å². The maximum absolute atomic E-state index is 13.2. The molecule has 1 aromatic carbocycles. The number of hydrogen-bond acceptors (Lipinski definition) is 5. The normalized spacial score (nSPS) is 10.6. The van der Waals surface area contributed by atoms with Crippen molar-refractivity contribution >= 4 is 17.0 Å². The first kappa shape index (κ1) is 20.4. The van der Waals surface area contributed by atoms with Gasteiger partial charge in [-0.1, -0.05) is 5.57 Å². The summed E-state index contributed by atoms with van der Waals surface area (Å²) < 4.78 is 7.25. The quantitative estimate of drug-likeness (QED) is 0.404. The number of aromatic nitrogens is 2. The van der Waals surface area contributed by atoms with Crippen LogP contribution in [0.15, 0.2) is 23.9 Å². The molecule has 7 heteroatoms. The first-order valence-corrected chi connectivity index (χ1v) is 8.90. The lowest BCUT2D eigenvalue weighted by Gasteiger charge is -2.14. The molecule has 0 aliphatic rings. The first-order valence-electron chi connectivity index (χ1n) is 8.90. The Morgan fingerprint density at radius 2 is 1.89 bits per heavy atom. The molecule has 0 bridgehead atoms. The van der Waals surface area contributed by atoms with Crippen molar-refractivity contribution in [3.8, 4) is 5.88 Å². The van der Waals surface area contributed by atoms with Crippen molar-refractivity contribution in [3.05, 3.63) is 56.3 Å². The second-order valence-corrected chi connectivity index (χ2v) is 6.46. The molecule has 1 heterocycles. The fourth-order valence-corrected chi connectivity index (χ4v) is 3.01. The van der Waals surface area contributed by atoms with E-state index in [9.17, 15) is 14.9 Å². The summed E-state index contributed by atoms with van der Waals surface area (Å²) in [6.07, 6.45) is 1.49. The minimum atomic E-state index is -0.413. The summed E-state index contributed by atoms with van der Waals surface area (Å²) >= 11 is 0. The minimum Gasteiger partial charge on any atom is -0.478 e. The molecule has 0 saturated heterocycles. The molecule has 0 spiro atoms. The molecule has 0 N–H and O–H groups in total. The number of rotatable bonds is 7. The smallest absolute Gasteiger partial charge is 0.277 e. The molecule has 0 unspecified atom stereocenters. The zero-order valence-electron chi connectivity index (χ0n) is 16.6. The molecule has 0 atom stereocenters. The molecule has 0 aliphatic carbocycles. The molecule has 1 aromatic heterocycles. The second-order valence-electron chi connectivity index (χ2n) is 6.46. The molecule has 0 aliphatic heterocycles. The molecule has 144 valence electrons. The summed E-state index contributed by atoms with van der Waals surface area (Å²) in [6.45, 7) is 12.1. The largest absolute Gasteiger partial charge is 0.478 e. The van der Waals surface area contributed by atoms with Gasteiger partial charge < -0.3 is 4.74 Å². The number of carbonyl (C=O) groups is 1. The molecule has 2 rings (SSSR count). The molecule has 2 aromatic rings. The molecule has 0 saturated carbocycles. The van der Waals surface area contributed by atoms with E-state index in [1.165, 1.54) is 18.3 Å². The van der Waals surface area contributed by atoms with Crippen molar-refractivity contribution in [2.75, 3.05) is 6.61 Å². The zero-order chi connectivity index (χ0) is 20.3. The van der Waals surface area contributed by atoms with Gasteiger partial charge in [0.15, 0.2) is 5.78 Å². The number of ketones is 1. The van der Waals surface area contributed by atoms with Crippen LogP contribution < -0.4 is 4.74 Å². The Balaban J connectivity index is 2.69. The topological polar surface area (TPSA) is 87.3 Å². The van der Waals surface area contributed by atoms with E-state index in [1.807, 2.05) is 34.6 Å². The number of hydrogen-bond donors (Lipinski definition) is 0. The van der Waals surface area contributed by atoms with Gasteiger partial charge >= 0.3 is 0 Å². The van der Waals surface area contributed by atoms with Gasteiger partial charge in [0, 0.05) is 18.2 Å². The van der Waals surface area contributed by atoms with Crippen LogP contribution in [0.1, 0.15) is 61.7 Å². The summed E-state index contributed by atoms with van der Waals surface area (Å²) in [4.78, 5) is 24.3. The summed E-state index contributed by atoms with van der Waals surface area (Å²) in [5.41, 5.74) is 3.59. The highest BCUT2D eigenvalue weighted by atomic mass is 16.6. The van der Waals surface area contributed by atoms with Gasteiger partial charge in [0.05, 0.1) is 23.3 Å². The van der Waals surface area contributed by atoms with Gasteiger partial charge in [0.2, 0.25) is 5.88 Å². The highest BCUT2D eigenvalue weighted by Gasteiger charge is 2.26. The average molecular weight is 371 g/mol. The van der Waals surface area contributed by atoms with Crippen molar-refractivity contribution in [1.29, 1.82) is 0 Å². The standard InChI is InChI=1S/C20H25N3O4/c1-7-22-20(27-8-2)16(11-21-22)19(24)15-9-10-17(23(25)26)18(14(15)6)13(5)12(3)4/h9-11H,7-8H2,1-6H3. The van der Waals surface area contributed by atoms with Crippen LogP contribution in [0.5, 0.6) is 5.88 Å². The Morgan fingerprint density at radius 1 is 1.22 bits per heavy atom. The Kier molecular flexibility index (Phi) is 6.15. The van der Waals surface area contributed by atoms with Gasteiger partial charge in [-0.3, -0.25) is 14.9 Å². The van der Waals surface area contributed by atoms with E-state index in [2.05, 4.69) is 5.10 Å². The predicted molar refractivity (Wildman–Crippen MR) is 104 cm³/mol. The van der Waals surface area contributed by atoms with Crippen LogP contribution in [0.3, 0.4) is 0 Å². The lowest BCUT2D eigenvalue weighted by Crippen LogP contribution is -2.10. The van der Waals surface area contributed by atoms with Crippen LogP contribution in [0, 0.1) is 17.0 Å². The lowest BCUT2D eigenvalue weighted by molar-refractivity contribution is -0.385. The number of nitrogens with zero attached hydrogens (tertiary/aromatic N) is 3. The molecule has 27 heavy (non-hydrogen) atoms. The monoisotopic (exact) mass is 371 g/mol. The molecular weight excluding hydrogens is 346 g/mol. The van der Waals surface area contributed by atoms with Crippen molar-refractivity contribution < 1.29 is 14.5 Å². The number of nitro benzene ring substituents is 1. The lowest BCUT2D eigenvalue weighted by atomic mass is 9.90. The number of carbonyl (C=O) groups excluding carboxylic acids is 1. The van der Waals surface area contributed by atoms with Crippen LogP contribution >= 0.6 is 0 Å². The molecule has 0 radical (unpaired) electrons. The summed E-state index contributed by atoms with van der Waals surface area (Å²) in [5.74, 6) is 0.164. The van der Waals surface area contributed by atoms with Crippen LogP contribution in [0.25, 0.3) is 5.57 Å². The maximum atomic E-state index is 13.2. The number of benzene rings is 1. The third-order valence-electron chi connectivity index (χ3n) is 4.63. The van der Waals surface area contributed by atoms with Gasteiger partial charge in [-0.05, 0) is 58.7 Å². The van der Waals surface area contributed by atoms with E-state index < -0.39 is 4.92 Å². The SMILES string of the molecule is CCOc1c(C(=O)c2ccc([N+](=O)[O-])c(C(C)=C(C)C)c2C)cnn1CC. The van der Waals surface area contributed by atoms with Gasteiger partial charge in [-0.25, -0.2) is 4.68 Å². The van der Waals surface area contributed by atoms with Crippen molar-refractivity contribution in [1.82, 2.24) is 9.78 Å². The van der Waals surface area contributed by atoms with E-state index in [1.54, 1.807) is 11.6 Å². The molecule has 0 fully saturated rings. The van der Waals surface area contributed by atoms with E-state index >= 15 is 0 Å². The van der Waals surface area contributed by atoms with Gasteiger partial charge in [-0.2, -0.15) is 5.10 Å². The van der Waals surface area contributed by atoms with Gasteiger partial charge in [-0.15, -0.1) is 0 Å². The number of aryl methyl sites for hydroxylation is 1. The second kappa shape index (κ2) is 8.16. The third kappa shape index (κ3) is 3.77. The molecule has 0 amide bonds. The fourth-order valence-electron chi connectivity index (χ4n) is 3.01. The minimum absolute atomic E-state index is 0.00275. The number of allylic oxidation sites excluding steroid dienone is 2. The van der Waals surface area contributed by atoms with Crippen LogP contribution in [0.4, 0.5) is 5.69 Å². The Labute approximate surface area is 158 Å². The van der Waals surface area contributed by atoms with E-state index in [0.717, 1.165) is 11.1 Å². The Hall–Kier alpha value is -2.96. The maximum Gasteiger partial charge on any atom is 0.277 e. The number of ether oxygens (including phenoxy) is 1. The highest BCUT2D eigenvalue weighted by molar-refractivity contribution is 6.12. The number of nitro groups is 1. The third-order valence-corrected chi connectivity index (χ3v) is 4.63. The van der Waals surface area contributed by atoms with Crippen molar-refractivity contribution in [2.24, 2.45) is 0 Å². The van der Waals surface area contributed by atoms with E-state index in [0.29, 0.717) is 41.3 Å². The fraction of sp³-hybridized carbons (Fsp3) is 0.400. The van der Waals surface area contributed by atoms with E-state index in [4.69, 9.17) is 4.74 Å². The zero-order valence-corrected chi connectivity index (χ0v) is 16.6. The predicted octanol–water partition coefficient (Wildman–Crippen LogP) is 4.56. The summed E-state index contributed by atoms with van der Waals surface area (Å²) in [6, 6.07) is 2.91. The van der Waals surface area contributed by atoms with Crippen LogP contribution in [0.2, 0.25) is 0 Å². The highest BCUT2D eigenvalue weighted by Crippen LogP contribution is 2.34. The van der Waals surface area contributed by atoms with Crippen molar-refractivity contribution in [3.63, 3.8) is 0 Å². The van der Waals surface area contributed by atoms with Crippen LogP contribution in [-0.2, 0) is 6.54 Å². The average Bonchev–Trinajstić information content (AvgIpc) is 3.03. The summed E-state index contributed by atoms with van der Waals surface area (Å²) in [7, 11) is 0.